The van der Waals surface area contributed by atoms with E-state index in [-0.39, 0.29) is 18.9 Å². The van der Waals surface area contributed by atoms with E-state index in [4.69, 9.17) is 4.74 Å². The van der Waals surface area contributed by atoms with Gasteiger partial charge in [-0.05, 0) is 46.2 Å². The van der Waals surface area contributed by atoms with E-state index in [0.717, 1.165) is 32.7 Å². The summed E-state index contributed by atoms with van der Waals surface area (Å²) in [5.41, 5.74) is 5.31. The van der Waals surface area contributed by atoms with Gasteiger partial charge in [0.1, 0.15) is 6.61 Å². The lowest BCUT2D eigenvalue weighted by molar-refractivity contribution is -0.137. The molecule has 3 aromatic carbocycles. The summed E-state index contributed by atoms with van der Waals surface area (Å²) in [6.45, 7) is 0.186. The molecule has 0 spiro atoms. The van der Waals surface area contributed by atoms with Gasteiger partial charge >= 0.3 is 12.1 Å². The zero-order valence-corrected chi connectivity index (χ0v) is 17.9. The highest BCUT2D eigenvalue weighted by Crippen LogP contribution is 2.44. The molecule has 1 atom stereocenters. The number of aliphatic carboxylic acids is 1. The molecule has 0 heterocycles. The second-order valence-electron chi connectivity index (χ2n) is 7.39. The van der Waals surface area contributed by atoms with E-state index >= 15 is 0 Å². The Hall–Kier alpha value is -3.25. The van der Waals surface area contributed by atoms with Crippen LogP contribution in [0.4, 0.5) is 4.79 Å². The summed E-state index contributed by atoms with van der Waals surface area (Å²) in [5, 5.41) is 12.0. The third-order valence-corrected chi connectivity index (χ3v) is 6.28. The molecule has 1 unspecified atom stereocenters. The normalized spacial score (nSPS) is 13.2. The van der Waals surface area contributed by atoms with Gasteiger partial charge in [-0.15, -0.1) is 11.8 Å². The van der Waals surface area contributed by atoms with Crippen molar-refractivity contribution in [3.63, 3.8) is 0 Å². The van der Waals surface area contributed by atoms with Crippen LogP contribution in [0.15, 0.2) is 77.7 Å². The van der Waals surface area contributed by atoms with Gasteiger partial charge in [-0.1, -0.05) is 60.7 Å². The van der Waals surface area contributed by atoms with Gasteiger partial charge in [-0.2, -0.15) is 0 Å². The fourth-order valence-corrected chi connectivity index (χ4v) is 4.45. The highest BCUT2D eigenvalue weighted by molar-refractivity contribution is 7.98. The minimum absolute atomic E-state index is 0.0445. The minimum atomic E-state index is -0.988. The van der Waals surface area contributed by atoms with Crippen LogP contribution < -0.4 is 5.32 Å². The minimum Gasteiger partial charge on any atom is -0.481 e. The average Bonchev–Trinajstić information content (AvgIpc) is 3.11. The molecule has 1 amide bonds. The molecule has 0 aromatic heterocycles. The number of rotatable bonds is 7. The molecule has 1 aliphatic carbocycles. The van der Waals surface area contributed by atoms with Crippen LogP contribution in [0.25, 0.3) is 11.1 Å². The second kappa shape index (κ2) is 9.27. The van der Waals surface area contributed by atoms with E-state index in [0.29, 0.717) is 0 Å². The van der Waals surface area contributed by atoms with Crippen molar-refractivity contribution >= 4 is 23.8 Å². The Labute approximate surface area is 185 Å². The zero-order chi connectivity index (χ0) is 21.8. The van der Waals surface area contributed by atoms with Crippen molar-refractivity contribution in [2.24, 2.45) is 0 Å². The van der Waals surface area contributed by atoms with Gasteiger partial charge in [-0.3, -0.25) is 4.79 Å². The molecule has 158 valence electrons. The first-order valence-electron chi connectivity index (χ1n) is 10.0. The van der Waals surface area contributed by atoms with E-state index < -0.39 is 18.1 Å². The van der Waals surface area contributed by atoms with Crippen LogP contribution in [0.2, 0.25) is 0 Å². The molecule has 5 nitrogen and oxygen atoms in total. The van der Waals surface area contributed by atoms with Crippen LogP contribution in [-0.2, 0) is 9.53 Å². The highest BCUT2D eigenvalue weighted by atomic mass is 32.2. The van der Waals surface area contributed by atoms with E-state index in [2.05, 4.69) is 29.6 Å². The highest BCUT2D eigenvalue weighted by Gasteiger charge is 2.29. The van der Waals surface area contributed by atoms with Crippen molar-refractivity contribution in [1.82, 2.24) is 5.32 Å². The lowest BCUT2D eigenvalue weighted by atomic mass is 9.98. The number of nitrogens with one attached hydrogen (secondary N) is 1. The number of ether oxygens (including phenoxy) is 1. The maximum absolute atomic E-state index is 12.6. The van der Waals surface area contributed by atoms with Gasteiger partial charge in [0.2, 0.25) is 0 Å². The van der Waals surface area contributed by atoms with Crippen LogP contribution in [0.3, 0.4) is 0 Å². The van der Waals surface area contributed by atoms with Gasteiger partial charge in [0, 0.05) is 10.8 Å². The lowest BCUT2D eigenvalue weighted by Crippen LogP contribution is -2.31. The van der Waals surface area contributed by atoms with Crippen LogP contribution >= 0.6 is 11.8 Å². The van der Waals surface area contributed by atoms with Gasteiger partial charge in [0.25, 0.3) is 0 Å². The van der Waals surface area contributed by atoms with Crippen molar-refractivity contribution in [1.29, 1.82) is 0 Å². The van der Waals surface area contributed by atoms with Gasteiger partial charge in [-0.25, -0.2) is 4.79 Å². The van der Waals surface area contributed by atoms with Crippen molar-refractivity contribution in [2.75, 3.05) is 12.9 Å². The molecule has 2 N–H and O–H groups in total. The van der Waals surface area contributed by atoms with Crippen molar-refractivity contribution in [2.45, 2.75) is 23.3 Å². The molecular formula is C25H23NO4S. The molecular weight excluding hydrogens is 410 g/mol. The summed E-state index contributed by atoms with van der Waals surface area (Å²) in [5.74, 6) is -1.03. The van der Waals surface area contributed by atoms with E-state index in [1.807, 2.05) is 54.8 Å². The monoisotopic (exact) mass is 433 g/mol. The number of amides is 1. The summed E-state index contributed by atoms with van der Waals surface area (Å²) in [7, 11) is 0. The van der Waals surface area contributed by atoms with Crippen LogP contribution in [-0.4, -0.2) is 30.0 Å². The molecule has 6 heteroatoms. The van der Waals surface area contributed by atoms with Crippen LogP contribution in [0, 0.1) is 0 Å². The number of carbonyl (C=O) groups is 2. The number of hydrogen-bond acceptors (Lipinski definition) is 4. The predicted octanol–water partition coefficient (Wildman–Crippen LogP) is 5.46. The first-order chi connectivity index (χ1) is 15.1. The number of benzene rings is 3. The maximum Gasteiger partial charge on any atom is 0.407 e. The Morgan fingerprint density at radius 3 is 2.10 bits per heavy atom. The van der Waals surface area contributed by atoms with Crippen LogP contribution in [0.1, 0.15) is 35.1 Å². The topological polar surface area (TPSA) is 75.6 Å². The SMILES string of the molecule is CSc1ccc(C(CC(=O)O)NC(=O)OCC2c3ccccc3-c3ccccc32)cc1. The summed E-state index contributed by atoms with van der Waals surface area (Å²) in [4.78, 5) is 25.0. The molecule has 3 aromatic rings. The number of thioether (sulfide) groups is 1. The first kappa shape index (κ1) is 21.0. The number of alkyl carbamates (subject to hydrolysis) is 1. The second-order valence-corrected chi connectivity index (χ2v) is 8.27. The van der Waals surface area contributed by atoms with Crippen molar-refractivity contribution in [3.8, 4) is 11.1 Å². The Kier molecular flexibility index (Phi) is 6.28. The number of hydrogen-bond donors (Lipinski definition) is 2. The first-order valence-corrected chi connectivity index (χ1v) is 11.3. The van der Waals surface area contributed by atoms with Crippen LogP contribution in [0.5, 0.6) is 0 Å². The Balaban J connectivity index is 1.47. The third kappa shape index (κ3) is 4.59. The third-order valence-electron chi connectivity index (χ3n) is 5.53. The molecule has 4 rings (SSSR count). The van der Waals surface area contributed by atoms with Gasteiger partial charge < -0.3 is 15.2 Å². The molecule has 0 aliphatic heterocycles. The molecule has 1 aliphatic rings. The molecule has 0 fully saturated rings. The number of carbonyl (C=O) groups excluding carboxylic acids is 1. The van der Waals surface area contributed by atoms with E-state index in [9.17, 15) is 14.7 Å². The standard InChI is InChI=1S/C25H23NO4S/c1-31-17-12-10-16(11-13-17)23(14-24(27)28)26-25(29)30-15-22-20-8-4-2-6-18(20)19-7-3-5-9-21(19)22/h2-13,22-23H,14-15H2,1H3,(H,26,29)(H,27,28). The van der Waals surface area contributed by atoms with Gasteiger partial charge in [0.05, 0.1) is 12.5 Å². The summed E-state index contributed by atoms with van der Waals surface area (Å²) >= 11 is 1.60. The molecule has 0 radical (unpaired) electrons. The summed E-state index contributed by atoms with van der Waals surface area (Å²) in [6.07, 6.45) is 1.13. The molecule has 31 heavy (non-hydrogen) atoms. The largest absolute Gasteiger partial charge is 0.481 e. The quantitative estimate of drug-likeness (QED) is 0.484. The Morgan fingerprint density at radius 2 is 1.55 bits per heavy atom. The zero-order valence-electron chi connectivity index (χ0n) is 17.1. The van der Waals surface area contributed by atoms with E-state index in [1.165, 1.54) is 0 Å². The molecule has 0 bridgehead atoms. The van der Waals surface area contributed by atoms with Gasteiger partial charge in [0.15, 0.2) is 0 Å². The fourth-order valence-electron chi connectivity index (χ4n) is 4.05. The van der Waals surface area contributed by atoms with Crippen molar-refractivity contribution in [3.05, 3.63) is 89.5 Å². The molecule has 0 saturated carbocycles. The van der Waals surface area contributed by atoms with E-state index in [1.54, 1.807) is 11.8 Å². The Morgan fingerprint density at radius 1 is 0.968 bits per heavy atom. The summed E-state index contributed by atoms with van der Waals surface area (Å²) < 4.78 is 5.57. The fraction of sp³-hybridized carbons (Fsp3) is 0.200. The number of carboxylic acids is 1. The smallest absolute Gasteiger partial charge is 0.407 e. The predicted molar refractivity (Wildman–Crippen MR) is 121 cm³/mol. The number of fused-ring (bicyclic) bond motifs is 3. The Bertz CT molecular complexity index is 1050. The lowest BCUT2D eigenvalue weighted by Gasteiger charge is -2.19. The molecule has 0 saturated heterocycles. The van der Waals surface area contributed by atoms with Crippen molar-refractivity contribution < 1.29 is 19.4 Å². The summed E-state index contributed by atoms with van der Waals surface area (Å²) in [6, 6.07) is 23.1. The number of carboxylic acid groups (broad SMARTS) is 1. The maximum atomic E-state index is 12.6. The average molecular weight is 434 g/mol.